The fraction of sp³-hybridized carbons (Fsp3) is 0.333. The number of hydrogen-bond donors (Lipinski definition) is 0. The molecule has 1 fully saturated rings. The van der Waals surface area contributed by atoms with Gasteiger partial charge in [0.15, 0.2) is 0 Å². The molecule has 0 bridgehead atoms. The third-order valence-electron chi connectivity index (χ3n) is 5.83. The summed E-state index contributed by atoms with van der Waals surface area (Å²) >= 11 is 0. The van der Waals surface area contributed by atoms with E-state index in [9.17, 15) is 0 Å². The van der Waals surface area contributed by atoms with Crippen molar-refractivity contribution in [1.29, 1.82) is 0 Å². The first kappa shape index (κ1) is 17.4. The molecule has 0 N–H and O–H groups in total. The lowest BCUT2D eigenvalue weighted by Crippen LogP contribution is -2.53. The molecule has 2 aromatic carbocycles. The highest BCUT2D eigenvalue weighted by atomic mass is 16.7. The van der Waals surface area contributed by atoms with Crippen LogP contribution < -0.4 is 10.3 Å². The van der Waals surface area contributed by atoms with Gasteiger partial charge in [0.25, 0.3) is 0 Å². The molecular formula is C21H25B2NO2. The zero-order valence-electron chi connectivity index (χ0n) is 16.0. The van der Waals surface area contributed by atoms with Gasteiger partial charge in [-0.2, -0.15) is 0 Å². The van der Waals surface area contributed by atoms with Crippen LogP contribution in [0.15, 0.2) is 60.6 Å². The van der Waals surface area contributed by atoms with Crippen LogP contribution in [0.3, 0.4) is 0 Å². The Labute approximate surface area is 157 Å². The molecule has 2 aliphatic rings. The van der Waals surface area contributed by atoms with Crippen LogP contribution in [0.2, 0.25) is 0 Å². The number of rotatable bonds is 3. The highest BCUT2D eigenvalue weighted by molar-refractivity contribution is 6.83. The summed E-state index contributed by atoms with van der Waals surface area (Å²) in [6, 6.07) is 19.1. The van der Waals surface area contributed by atoms with Gasteiger partial charge in [0, 0.05) is 12.1 Å². The standard InChI is InChI=1S/C21H25B2NO2/c1-20(2)21(3,4)26-23(25-20)16-24-19-13-9-8-10-17(19)14-15-22(24)18-11-6-5-7-12-18/h5-15H,16H2,1-4H3. The van der Waals surface area contributed by atoms with Gasteiger partial charge in [0.05, 0.1) is 11.2 Å². The molecule has 2 aliphatic heterocycles. The Kier molecular flexibility index (Phi) is 4.24. The van der Waals surface area contributed by atoms with Crippen molar-refractivity contribution in [3.05, 3.63) is 66.1 Å². The lowest BCUT2D eigenvalue weighted by Gasteiger charge is -2.35. The maximum Gasteiger partial charge on any atom is 0.477 e. The third kappa shape index (κ3) is 3.00. The molecule has 0 aliphatic carbocycles. The summed E-state index contributed by atoms with van der Waals surface area (Å²) in [5.41, 5.74) is 3.10. The van der Waals surface area contributed by atoms with Crippen LogP contribution in [0, 0.1) is 0 Å². The summed E-state index contributed by atoms with van der Waals surface area (Å²) in [6.45, 7) is 8.58. The monoisotopic (exact) mass is 345 g/mol. The molecule has 2 heterocycles. The Morgan fingerprint density at radius 1 is 0.846 bits per heavy atom. The lowest BCUT2D eigenvalue weighted by atomic mass is 9.51. The zero-order chi connectivity index (χ0) is 18.4. The summed E-state index contributed by atoms with van der Waals surface area (Å²) in [6.07, 6.45) is 2.90. The molecule has 0 atom stereocenters. The van der Waals surface area contributed by atoms with E-state index in [1.165, 1.54) is 16.7 Å². The summed E-state index contributed by atoms with van der Waals surface area (Å²) in [5.74, 6) is 2.27. The minimum absolute atomic E-state index is 0.171. The fourth-order valence-corrected chi connectivity index (χ4v) is 3.69. The predicted molar refractivity (Wildman–Crippen MR) is 111 cm³/mol. The molecule has 26 heavy (non-hydrogen) atoms. The van der Waals surface area contributed by atoms with Gasteiger partial charge in [-0.1, -0.05) is 66.0 Å². The van der Waals surface area contributed by atoms with Crippen molar-refractivity contribution in [2.24, 2.45) is 0 Å². The quantitative estimate of drug-likeness (QED) is 0.794. The second-order valence-electron chi connectivity index (χ2n) is 8.11. The molecule has 3 nitrogen and oxygen atoms in total. The largest absolute Gasteiger partial charge is 0.477 e. The van der Waals surface area contributed by atoms with Gasteiger partial charge in [-0.3, -0.25) is 0 Å². The van der Waals surface area contributed by atoms with Crippen LogP contribution in [0.1, 0.15) is 33.3 Å². The summed E-state index contributed by atoms with van der Waals surface area (Å²) in [5, 5.41) is 0. The molecule has 0 amide bonds. The van der Waals surface area contributed by atoms with Crippen LogP contribution in [-0.2, 0) is 9.31 Å². The van der Waals surface area contributed by atoms with Gasteiger partial charge in [-0.25, -0.2) is 0 Å². The lowest BCUT2D eigenvalue weighted by molar-refractivity contribution is 0.00578. The van der Waals surface area contributed by atoms with Crippen molar-refractivity contribution in [3.8, 4) is 0 Å². The van der Waals surface area contributed by atoms with E-state index >= 15 is 0 Å². The van der Waals surface area contributed by atoms with Crippen molar-refractivity contribution in [1.82, 2.24) is 0 Å². The molecule has 0 spiro atoms. The number of para-hydroxylation sites is 1. The minimum Gasteiger partial charge on any atom is -0.408 e. The van der Waals surface area contributed by atoms with Gasteiger partial charge in [0.1, 0.15) is 0 Å². The molecule has 0 aromatic heterocycles. The van der Waals surface area contributed by atoms with Crippen LogP contribution in [0.5, 0.6) is 0 Å². The number of benzene rings is 2. The smallest absolute Gasteiger partial charge is 0.408 e. The van der Waals surface area contributed by atoms with Crippen LogP contribution in [0.4, 0.5) is 5.69 Å². The van der Waals surface area contributed by atoms with Crippen LogP contribution in [-0.4, -0.2) is 31.6 Å². The van der Waals surface area contributed by atoms with E-state index < -0.39 is 0 Å². The van der Waals surface area contributed by atoms with Gasteiger partial charge in [-0.05, 0) is 39.3 Å². The molecule has 132 valence electrons. The van der Waals surface area contributed by atoms with Gasteiger partial charge >= 0.3 is 14.0 Å². The Morgan fingerprint density at radius 3 is 2.15 bits per heavy atom. The maximum atomic E-state index is 6.28. The number of nitrogens with zero attached hydrogens (tertiary/aromatic N) is 1. The first-order valence-corrected chi connectivity index (χ1v) is 9.32. The van der Waals surface area contributed by atoms with E-state index in [0.717, 1.165) is 0 Å². The van der Waals surface area contributed by atoms with E-state index in [1.54, 1.807) is 0 Å². The average molecular weight is 345 g/mol. The Bertz CT molecular complexity index is 804. The highest BCUT2D eigenvalue weighted by Gasteiger charge is 2.52. The van der Waals surface area contributed by atoms with Gasteiger partial charge in [0.2, 0.25) is 0 Å². The third-order valence-corrected chi connectivity index (χ3v) is 5.83. The zero-order valence-corrected chi connectivity index (χ0v) is 16.0. The number of anilines is 1. The second-order valence-corrected chi connectivity index (χ2v) is 8.11. The maximum absolute atomic E-state index is 6.28. The van der Waals surface area contributed by atoms with E-state index in [4.69, 9.17) is 9.31 Å². The highest BCUT2D eigenvalue weighted by Crippen LogP contribution is 2.38. The molecule has 0 unspecified atom stereocenters. The molecule has 2 aromatic rings. The van der Waals surface area contributed by atoms with Crippen molar-refractivity contribution < 1.29 is 9.31 Å². The number of fused-ring (bicyclic) bond motifs is 1. The molecule has 4 rings (SSSR count). The number of hydrogen-bond acceptors (Lipinski definition) is 3. The SMILES string of the molecule is CC1(C)OB(CN2B(c3ccccc3)C=Cc3ccccc32)OC1(C)C. The van der Waals surface area contributed by atoms with Crippen LogP contribution >= 0.6 is 0 Å². The molecule has 5 heteroatoms. The molecule has 0 saturated carbocycles. The summed E-state index contributed by atoms with van der Waals surface area (Å²) < 4.78 is 12.6. The van der Waals surface area contributed by atoms with Crippen LogP contribution in [0.25, 0.3) is 6.08 Å². The summed E-state index contributed by atoms with van der Waals surface area (Å²) in [7, 11) is -0.259. The van der Waals surface area contributed by atoms with Crippen molar-refractivity contribution >= 4 is 31.2 Å². The van der Waals surface area contributed by atoms with E-state index in [0.29, 0.717) is 6.44 Å². The van der Waals surface area contributed by atoms with Gasteiger partial charge < -0.3 is 14.1 Å². The fourth-order valence-electron chi connectivity index (χ4n) is 3.69. The Morgan fingerprint density at radius 2 is 1.46 bits per heavy atom. The second kappa shape index (κ2) is 6.33. The van der Waals surface area contributed by atoms with Crippen molar-refractivity contribution in [2.45, 2.75) is 38.9 Å². The summed E-state index contributed by atoms with van der Waals surface area (Å²) in [4.78, 5) is 2.40. The van der Waals surface area contributed by atoms with Crippen molar-refractivity contribution in [2.75, 3.05) is 11.3 Å². The van der Waals surface area contributed by atoms with E-state index in [2.05, 4.69) is 99.2 Å². The first-order chi connectivity index (χ1) is 12.4. The Balaban J connectivity index is 1.67. The van der Waals surface area contributed by atoms with Crippen molar-refractivity contribution in [3.63, 3.8) is 0 Å². The topological polar surface area (TPSA) is 21.7 Å². The normalized spacial score (nSPS) is 20.4. The van der Waals surface area contributed by atoms with Gasteiger partial charge in [-0.15, -0.1) is 0 Å². The van der Waals surface area contributed by atoms with E-state index in [-0.39, 0.29) is 25.2 Å². The molecule has 1 saturated heterocycles. The minimum atomic E-state index is -0.314. The average Bonchev–Trinajstić information content (AvgIpc) is 2.82. The predicted octanol–water partition coefficient (Wildman–Crippen LogP) is 3.59. The molecule has 0 radical (unpaired) electrons. The molecular weight excluding hydrogens is 320 g/mol. The Hall–Kier alpha value is -1.97. The van der Waals surface area contributed by atoms with E-state index in [1.807, 2.05) is 0 Å². The first-order valence-electron chi connectivity index (χ1n) is 9.32.